The summed E-state index contributed by atoms with van der Waals surface area (Å²) in [5.41, 5.74) is 0.664. The van der Waals surface area contributed by atoms with Crippen LogP contribution in [0.3, 0.4) is 0 Å². The van der Waals surface area contributed by atoms with Gasteiger partial charge in [-0.05, 0) is 66.2 Å². The Morgan fingerprint density at radius 3 is 2.24 bits per heavy atom. The minimum Gasteiger partial charge on any atom is -0.481 e. The summed E-state index contributed by atoms with van der Waals surface area (Å²) in [6.07, 6.45) is 1.23. The van der Waals surface area contributed by atoms with E-state index in [2.05, 4.69) is 10.6 Å². The highest BCUT2D eigenvalue weighted by atomic mass is 35.5. The number of ether oxygens (including phenoxy) is 1. The van der Waals surface area contributed by atoms with E-state index in [-0.39, 0.29) is 39.2 Å². The highest BCUT2D eigenvalue weighted by Crippen LogP contribution is 2.35. The number of carbonyl (C=O) groups excluding carboxylic acids is 4. The number of nitrogens with zero attached hydrogens (tertiary/aromatic N) is 1. The van der Waals surface area contributed by atoms with Gasteiger partial charge < -0.3 is 10.1 Å². The summed E-state index contributed by atoms with van der Waals surface area (Å²) in [5, 5.41) is 5.65. The van der Waals surface area contributed by atoms with Crippen molar-refractivity contribution in [1.29, 1.82) is 0 Å². The van der Waals surface area contributed by atoms with Gasteiger partial charge in [0, 0.05) is 15.7 Å². The van der Waals surface area contributed by atoms with Crippen LogP contribution in [0.4, 0.5) is 16.2 Å². The molecule has 0 spiro atoms. The van der Waals surface area contributed by atoms with Crippen molar-refractivity contribution in [1.82, 2.24) is 5.32 Å². The van der Waals surface area contributed by atoms with Crippen molar-refractivity contribution in [3.05, 3.63) is 91.9 Å². The van der Waals surface area contributed by atoms with Crippen molar-refractivity contribution in [3.63, 3.8) is 0 Å². The second kappa shape index (κ2) is 11.2. The molecule has 12 heteroatoms. The average molecular weight is 579 g/mol. The summed E-state index contributed by atoms with van der Waals surface area (Å²) in [6.45, 7) is -0.389. The Balaban J connectivity index is 1.52. The first-order valence-electron chi connectivity index (χ1n) is 10.5. The molecule has 1 aliphatic heterocycles. The van der Waals surface area contributed by atoms with Crippen LogP contribution >= 0.6 is 46.4 Å². The molecule has 2 N–H and O–H groups in total. The first-order valence-corrected chi connectivity index (χ1v) is 12.0. The molecule has 0 saturated carbocycles. The zero-order valence-corrected chi connectivity index (χ0v) is 21.6. The number of hydrogen-bond acceptors (Lipinski definition) is 5. The standard InChI is InChI=1S/C25H15Cl4N3O5/c26-14-4-6-16(7-5-14)30-21(33)12-37-22-19(28)9-13(10-20(22)29)8-18-23(34)31-25(36)32(24(18)35)17-3-1-2-15(27)11-17/h1-11H,12H2,(H,30,33)(H,31,34,36)/b18-8+. The first kappa shape index (κ1) is 26.5. The van der Waals surface area contributed by atoms with E-state index < -0.39 is 23.8 Å². The molecule has 3 aromatic carbocycles. The van der Waals surface area contributed by atoms with Crippen LogP contribution in [0, 0.1) is 0 Å². The summed E-state index contributed by atoms with van der Waals surface area (Å²) < 4.78 is 5.48. The predicted molar refractivity (Wildman–Crippen MR) is 142 cm³/mol. The highest BCUT2D eigenvalue weighted by Gasteiger charge is 2.37. The fraction of sp³-hybridized carbons (Fsp3) is 0.0400. The van der Waals surface area contributed by atoms with Gasteiger partial charge in [0.1, 0.15) is 5.57 Å². The number of amides is 5. The topological polar surface area (TPSA) is 105 Å². The number of rotatable bonds is 6. The SMILES string of the molecule is O=C(COc1c(Cl)cc(/C=C2\C(=O)NC(=O)N(c3cccc(Cl)c3)C2=O)cc1Cl)Nc1ccc(Cl)cc1. The van der Waals surface area contributed by atoms with Crippen LogP contribution < -0.4 is 20.3 Å². The Morgan fingerprint density at radius 1 is 0.919 bits per heavy atom. The minimum atomic E-state index is -0.911. The van der Waals surface area contributed by atoms with Gasteiger partial charge in [-0.3, -0.25) is 19.7 Å². The van der Waals surface area contributed by atoms with Crippen LogP contribution in [-0.2, 0) is 14.4 Å². The zero-order chi connectivity index (χ0) is 26.7. The highest BCUT2D eigenvalue weighted by molar-refractivity contribution is 6.40. The molecule has 3 aromatic rings. The predicted octanol–water partition coefficient (Wildman–Crippen LogP) is 5.98. The number of barbiturate groups is 1. The lowest BCUT2D eigenvalue weighted by Crippen LogP contribution is -2.54. The fourth-order valence-electron chi connectivity index (χ4n) is 3.34. The Morgan fingerprint density at radius 2 is 1.59 bits per heavy atom. The van der Waals surface area contributed by atoms with Crippen molar-refractivity contribution in [2.24, 2.45) is 0 Å². The van der Waals surface area contributed by atoms with E-state index in [0.29, 0.717) is 15.7 Å². The van der Waals surface area contributed by atoms with Crippen LogP contribution in [-0.4, -0.2) is 30.4 Å². The summed E-state index contributed by atoms with van der Waals surface area (Å²) in [4.78, 5) is 50.8. The van der Waals surface area contributed by atoms with Gasteiger partial charge in [-0.15, -0.1) is 0 Å². The number of anilines is 2. The zero-order valence-electron chi connectivity index (χ0n) is 18.6. The van der Waals surface area contributed by atoms with E-state index in [1.807, 2.05) is 0 Å². The minimum absolute atomic E-state index is 0.0325. The van der Waals surface area contributed by atoms with E-state index in [1.165, 1.54) is 30.3 Å². The molecule has 8 nitrogen and oxygen atoms in total. The number of hydrogen-bond donors (Lipinski definition) is 2. The maximum atomic E-state index is 13.0. The number of nitrogens with one attached hydrogen (secondary N) is 2. The quantitative estimate of drug-likeness (QED) is 0.276. The second-order valence-corrected chi connectivity index (χ2v) is 9.28. The molecule has 0 aromatic heterocycles. The van der Waals surface area contributed by atoms with E-state index in [1.54, 1.807) is 36.4 Å². The van der Waals surface area contributed by atoms with Crippen molar-refractivity contribution in [2.45, 2.75) is 0 Å². The molecule has 0 atom stereocenters. The van der Waals surface area contributed by atoms with Crippen molar-refractivity contribution >= 4 is 87.6 Å². The summed E-state index contributed by atoms with van der Waals surface area (Å²) in [5.74, 6) is -2.18. The lowest BCUT2D eigenvalue weighted by atomic mass is 10.1. The Hall–Kier alpha value is -3.56. The van der Waals surface area contributed by atoms with Gasteiger partial charge in [-0.1, -0.05) is 52.5 Å². The molecule has 37 heavy (non-hydrogen) atoms. The normalized spacial score (nSPS) is 14.5. The van der Waals surface area contributed by atoms with Crippen LogP contribution in [0.5, 0.6) is 5.75 Å². The molecule has 4 rings (SSSR count). The molecule has 5 amide bonds. The molecular formula is C25H15Cl4N3O5. The largest absolute Gasteiger partial charge is 0.481 e. The molecular weight excluding hydrogens is 564 g/mol. The molecule has 1 heterocycles. The third-order valence-electron chi connectivity index (χ3n) is 4.98. The van der Waals surface area contributed by atoms with Crippen LogP contribution in [0.25, 0.3) is 6.08 Å². The first-order chi connectivity index (χ1) is 17.6. The maximum absolute atomic E-state index is 13.0. The van der Waals surface area contributed by atoms with Gasteiger partial charge in [-0.2, -0.15) is 0 Å². The van der Waals surface area contributed by atoms with Crippen LogP contribution in [0.15, 0.2) is 66.2 Å². The molecule has 0 radical (unpaired) electrons. The Labute approximate surface area is 230 Å². The maximum Gasteiger partial charge on any atom is 0.335 e. The molecule has 1 saturated heterocycles. The lowest BCUT2D eigenvalue weighted by molar-refractivity contribution is -0.122. The van der Waals surface area contributed by atoms with Gasteiger partial charge in [0.05, 0.1) is 15.7 Å². The Kier molecular flexibility index (Phi) is 8.04. The number of imide groups is 2. The van der Waals surface area contributed by atoms with Crippen molar-refractivity contribution < 1.29 is 23.9 Å². The van der Waals surface area contributed by atoms with Gasteiger partial charge in [0.2, 0.25) is 0 Å². The molecule has 188 valence electrons. The summed E-state index contributed by atoms with van der Waals surface area (Å²) in [6, 6.07) is 14.4. The number of urea groups is 1. The van der Waals surface area contributed by atoms with E-state index in [0.717, 1.165) is 4.90 Å². The van der Waals surface area contributed by atoms with E-state index in [9.17, 15) is 19.2 Å². The smallest absolute Gasteiger partial charge is 0.335 e. The second-order valence-electron chi connectivity index (χ2n) is 7.60. The third kappa shape index (κ3) is 6.23. The molecule has 0 bridgehead atoms. The molecule has 1 fully saturated rings. The van der Waals surface area contributed by atoms with Gasteiger partial charge in [-0.25, -0.2) is 9.69 Å². The Bertz CT molecular complexity index is 1430. The summed E-state index contributed by atoms with van der Waals surface area (Å²) >= 11 is 24.4. The fourth-order valence-corrected chi connectivity index (χ4v) is 4.27. The van der Waals surface area contributed by atoms with Crippen LogP contribution in [0.2, 0.25) is 20.1 Å². The summed E-state index contributed by atoms with van der Waals surface area (Å²) in [7, 11) is 0. The molecule has 0 aliphatic carbocycles. The van der Waals surface area contributed by atoms with E-state index >= 15 is 0 Å². The van der Waals surface area contributed by atoms with Gasteiger partial charge in [0.25, 0.3) is 17.7 Å². The van der Waals surface area contributed by atoms with Gasteiger partial charge in [0.15, 0.2) is 12.4 Å². The van der Waals surface area contributed by atoms with Gasteiger partial charge >= 0.3 is 6.03 Å². The van der Waals surface area contributed by atoms with E-state index in [4.69, 9.17) is 51.1 Å². The third-order valence-corrected chi connectivity index (χ3v) is 6.02. The lowest BCUT2D eigenvalue weighted by Gasteiger charge is -2.26. The molecule has 1 aliphatic rings. The van der Waals surface area contributed by atoms with Crippen molar-refractivity contribution in [3.8, 4) is 5.75 Å². The number of halogens is 4. The van der Waals surface area contributed by atoms with Crippen LogP contribution in [0.1, 0.15) is 5.56 Å². The van der Waals surface area contributed by atoms with Crippen molar-refractivity contribution in [2.75, 3.05) is 16.8 Å². The number of benzene rings is 3. The monoisotopic (exact) mass is 577 g/mol. The average Bonchev–Trinajstić information content (AvgIpc) is 2.82. The number of carbonyl (C=O) groups is 4. The molecule has 0 unspecified atom stereocenters.